The summed E-state index contributed by atoms with van der Waals surface area (Å²) in [6.07, 6.45) is 1.80. The average Bonchev–Trinajstić information content (AvgIpc) is 3.20. The minimum Gasteiger partial charge on any atom is -0.339 e. The van der Waals surface area contributed by atoms with Crippen molar-refractivity contribution in [3.63, 3.8) is 0 Å². The number of halogens is 1. The van der Waals surface area contributed by atoms with E-state index >= 15 is 0 Å². The molecule has 1 fully saturated rings. The topological polar surface area (TPSA) is 71.3 Å². The van der Waals surface area contributed by atoms with Gasteiger partial charge in [-0.2, -0.15) is 4.98 Å². The van der Waals surface area contributed by atoms with E-state index in [2.05, 4.69) is 21.5 Å². The Morgan fingerprint density at radius 2 is 2.10 bits per heavy atom. The number of aryl methyl sites for hydroxylation is 2. The molecule has 0 spiro atoms. The molecule has 1 saturated heterocycles. The fraction of sp³-hybridized carbons (Fsp3) is 0.318. The Morgan fingerprint density at radius 3 is 2.90 bits per heavy atom. The summed E-state index contributed by atoms with van der Waals surface area (Å²) in [6.45, 7) is 5.30. The van der Waals surface area contributed by atoms with Crippen molar-refractivity contribution in [1.82, 2.24) is 15.0 Å². The number of nitrogens with one attached hydrogen (secondary N) is 1. The van der Waals surface area contributed by atoms with Crippen LogP contribution in [0.1, 0.15) is 35.8 Å². The van der Waals surface area contributed by atoms with Crippen LogP contribution in [0.5, 0.6) is 0 Å². The van der Waals surface area contributed by atoms with Crippen molar-refractivity contribution in [3.8, 4) is 11.4 Å². The second kappa shape index (κ2) is 8.25. The number of carbonyl (C=O) groups excluding carboxylic acids is 1. The molecule has 1 atom stereocenters. The van der Waals surface area contributed by atoms with E-state index in [1.165, 1.54) is 5.56 Å². The van der Waals surface area contributed by atoms with Gasteiger partial charge >= 0.3 is 6.03 Å². The third kappa shape index (κ3) is 4.43. The number of aromatic nitrogens is 2. The average molecular weight is 411 g/mol. The molecule has 0 bridgehead atoms. The number of urea groups is 1. The van der Waals surface area contributed by atoms with Crippen molar-refractivity contribution in [2.24, 2.45) is 0 Å². The van der Waals surface area contributed by atoms with Gasteiger partial charge in [0.05, 0.1) is 5.92 Å². The number of likely N-dealkylation sites (tertiary alicyclic amines) is 1. The molecular formula is C22H23ClN4O2. The molecule has 0 radical (unpaired) electrons. The van der Waals surface area contributed by atoms with Crippen LogP contribution in [0, 0.1) is 13.8 Å². The Kier molecular flexibility index (Phi) is 5.53. The van der Waals surface area contributed by atoms with Crippen molar-refractivity contribution in [2.45, 2.75) is 32.6 Å². The lowest BCUT2D eigenvalue weighted by atomic mass is 9.98. The molecule has 1 N–H and O–H groups in total. The maximum Gasteiger partial charge on any atom is 0.321 e. The number of rotatable bonds is 3. The molecule has 1 aliphatic heterocycles. The van der Waals surface area contributed by atoms with Crippen molar-refractivity contribution >= 4 is 23.3 Å². The molecule has 2 aromatic carbocycles. The highest BCUT2D eigenvalue weighted by Gasteiger charge is 2.29. The molecule has 2 amide bonds. The van der Waals surface area contributed by atoms with Crippen LogP contribution >= 0.6 is 11.6 Å². The van der Waals surface area contributed by atoms with Crippen molar-refractivity contribution in [3.05, 3.63) is 64.5 Å². The van der Waals surface area contributed by atoms with Gasteiger partial charge in [0.2, 0.25) is 11.7 Å². The third-order valence-corrected chi connectivity index (χ3v) is 5.44. The molecule has 150 valence electrons. The number of hydrogen-bond donors (Lipinski definition) is 1. The molecular weight excluding hydrogens is 388 g/mol. The number of amides is 2. The van der Waals surface area contributed by atoms with E-state index < -0.39 is 0 Å². The van der Waals surface area contributed by atoms with E-state index in [1.54, 1.807) is 12.1 Å². The molecule has 4 rings (SSSR count). The van der Waals surface area contributed by atoms with E-state index in [-0.39, 0.29) is 11.9 Å². The highest BCUT2D eigenvalue weighted by atomic mass is 35.5. The van der Waals surface area contributed by atoms with Crippen molar-refractivity contribution in [1.29, 1.82) is 0 Å². The van der Waals surface area contributed by atoms with Crippen LogP contribution in [0.15, 0.2) is 47.0 Å². The number of benzene rings is 2. The molecule has 0 aliphatic carbocycles. The van der Waals surface area contributed by atoms with Gasteiger partial charge in [-0.3, -0.25) is 0 Å². The van der Waals surface area contributed by atoms with Gasteiger partial charge in [0, 0.05) is 29.4 Å². The first-order chi connectivity index (χ1) is 14.0. The van der Waals surface area contributed by atoms with Crippen LogP contribution in [0.3, 0.4) is 0 Å². The van der Waals surface area contributed by atoms with Crippen LogP contribution in [-0.2, 0) is 0 Å². The summed E-state index contributed by atoms with van der Waals surface area (Å²) >= 11 is 6.05. The normalized spacial score (nSPS) is 16.7. The summed E-state index contributed by atoms with van der Waals surface area (Å²) in [7, 11) is 0. The van der Waals surface area contributed by atoms with Gasteiger partial charge in [0.25, 0.3) is 0 Å². The fourth-order valence-electron chi connectivity index (χ4n) is 3.66. The van der Waals surface area contributed by atoms with Crippen LogP contribution in [0.2, 0.25) is 5.02 Å². The first kappa shape index (κ1) is 19.5. The molecule has 29 heavy (non-hydrogen) atoms. The van der Waals surface area contributed by atoms with Crippen molar-refractivity contribution in [2.75, 3.05) is 18.4 Å². The summed E-state index contributed by atoms with van der Waals surface area (Å²) in [6, 6.07) is 13.3. The highest BCUT2D eigenvalue weighted by Crippen LogP contribution is 2.29. The van der Waals surface area contributed by atoms with E-state index in [1.807, 2.05) is 43.0 Å². The van der Waals surface area contributed by atoms with E-state index in [4.69, 9.17) is 16.1 Å². The minimum atomic E-state index is -0.101. The number of nitrogens with zero attached hydrogens (tertiary/aromatic N) is 3. The lowest BCUT2D eigenvalue weighted by molar-refractivity contribution is 0.184. The summed E-state index contributed by atoms with van der Waals surface area (Å²) < 4.78 is 5.51. The fourth-order valence-corrected chi connectivity index (χ4v) is 3.85. The summed E-state index contributed by atoms with van der Waals surface area (Å²) in [4.78, 5) is 19.1. The summed E-state index contributed by atoms with van der Waals surface area (Å²) in [5.41, 5.74) is 3.87. The predicted octanol–water partition coefficient (Wildman–Crippen LogP) is 5.42. The Bertz CT molecular complexity index is 1030. The number of carbonyl (C=O) groups is 1. The predicted molar refractivity (Wildman–Crippen MR) is 113 cm³/mol. The van der Waals surface area contributed by atoms with Crippen LogP contribution in [0.25, 0.3) is 11.4 Å². The zero-order chi connectivity index (χ0) is 20.4. The third-order valence-electron chi connectivity index (χ3n) is 5.21. The van der Waals surface area contributed by atoms with E-state index in [0.29, 0.717) is 29.8 Å². The van der Waals surface area contributed by atoms with Crippen molar-refractivity contribution < 1.29 is 9.32 Å². The van der Waals surface area contributed by atoms with Gasteiger partial charge in [0.15, 0.2) is 0 Å². The van der Waals surface area contributed by atoms with Gasteiger partial charge in [-0.25, -0.2) is 4.79 Å². The van der Waals surface area contributed by atoms with Crippen LogP contribution in [0.4, 0.5) is 10.5 Å². The first-order valence-electron chi connectivity index (χ1n) is 9.72. The zero-order valence-corrected chi connectivity index (χ0v) is 17.2. The largest absolute Gasteiger partial charge is 0.339 e. The van der Waals surface area contributed by atoms with Gasteiger partial charge in [-0.1, -0.05) is 46.6 Å². The lowest BCUT2D eigenvalue weighted by Crippen LogP contribution is -2.41. The summed E-state index contributed by atoms with van der Waals surface area (Å²) in [5.74, 6) is 1.09. The second-order valence-corrected chi connectivity index (χ2v) is 7.94. The second-order valence-electron chi connectivity index (χ2n) is 7.50. The quantitative estimate of drug-likeness (QED) is 0.625. The standard InChI is InChI=1S/C22H23ClN4O2/c1-14-8-9-19(15(2)11-14)24-22(28)27-10-4-6-17(13-27)21-25-20(26-29-21)16-5-3-7-18(23)12-16/h3,5,7-9,11-12,17H,4,6,10,13H2,1-2H3,(H,24,28)/t17-/m0/s1. The molecule has 0 unspecified atom stereocenters. The Hall–Kier alpha value is -2.86. The number of anilines is 1. The Labute approximate surface area is 174 Å². The van der Waals surface area contributed by atoms with Gasteiger partial charge < -0.3 is 14.7 Å². The van der Waals surface area contributed by atoms with Gasteiger partial charge in [0.1, 0.15) is 0 Å². The molecule has 0 saturated carbocycles. The molecule has 7 heteroatoms. The van der Waals surface area contributed by atoms with Gasteiger partial charge in [-0.05, 0) is 50.5 Å². The first-order valence-corrected chi connectivity index (χ1v) is 10.1. The molecule has 6 nitrogen and oxygen atoms in total. The maximum absolute atomic E-state index is 12.8. The molecule has 1 aromatic heterocycles. The maximum atomic E-state index is 12.8. The minimum absolute atomic E-state index is 0.0223. The monoisotopic (exact) mass is 410 g/mol. The molecule has 2 heterocycles. The molecule has 3 aromatic rings. The van der Waals surface area contributed by atoms with E-state index in [9.17, 15) is 4.79 Å². The van der Waals surface area contributed by atoms with E-state index in [0.717, 1.165) is 29.7 Å². The number of piperidine rings is 1. The van der Waals surface area contributed by atoms with Gasteiger partial charge in [-0.15, -0.1) is 0 Å². The SMILES string of the molecule is Cc1ccc(NC(=O)N2CCC[C@H](c3nc(-c4cccc(Cl)c4)no3)C2)c(C)c1. The Balaban J connectivity index is 1.45. The highest BCUT2D eigenvalue weighted by molar-refractivity contribution is 6.30. The van der Waals surface area contributed by atoms with Crippen LogP contribution < -0.4 is 5.32 Å². The number of hydrogen-bond acceptors (Lipinski definition) is 4. The Morgan fingerprint density at radius 1 is 1.24 bits per heavy atom. The summed E-state index contributed by atoms with van der Waals surface area (Å²) in [5, 5.41) is 7.74. The van der Waals surface area contributed by atoms with Crippen LogP contribution in [-0.4, -0.2) is 34.2 Å². The lowest BCUT2D eigenvalue weighted by Gasteiger charge is -2.31. The smallest absolute Gasteiger partial charge is 0.321 e. The molecule has 1 aliphatic rings. The zero-order valence-electron chi connectivity index (χ0n) is 16.5.